The van der Waals surface area contributed by atoms with E-state index in [1.54, 1.807) is 0 Å². The molecule has 33 heavy (non-hydrogen) atoms. The van der Waals surface area contributed by atoms with Gasteiger partial charge in [0.2, 0.25) is 11.7 Å². The Kier molecular flexibility index (Phi) is 5.56. The van der Waals surface area contributed by atoms with Gasteiger partial charge in [-0.3, -0.25) is 9.59 Å². The largest absolute Gasteiger partial charge is 0.473 e. The number of ether oxygens (including phenoxy) is 1. The van der Waals surface area contributed by atoms with E-state index in [1.165, 1.54) is 37.4 Å². The van der Waals surface area contributed by atoms with Crippen LogP contribution in [0.2, 0.25) is 0 Å². The summed E-state index contributed by atoms with van der Waals surface area (Å²) in [6.07, 6.45) is 6.57. The van der Waals surface area contributed by atoms with Gasteiger partial charge in [-0.05, 0) is 73.1 Å². The molecule has 2 aromatic rings. The van der Waals surface area contributed by atoms with Crippen molar-refractivity contribution >= 4 is 23.6 Å². The summed E-state index contributed by atoms with van der Waals surface area (Å²) in [6.45, 7) is 1.60. The summed E-state index contributed by atoms with van der Waals surface area (Å²) in [4.78, 5) is 28.6. The van der Waals surface area contributed by atoms with Gasteiger partial charge in [0, 0.05) is 23.9 Å². The summed E-state index contributed by atoms with van der Waals surface area (Å²) in [7, 11) is 0. The number of amides is 2. The van der Waals surface area contributed by atoms with Crippen molar-refractivity contribution in [1.82, 2.24) is 15.4 Å². The number of hydrogen-bond donors (Lipinski definition) is 1. The average Bonchev–Trinajstić information content (AvgIpc) is 3.54. The normalized spacial score (nSPS) is 29.8. The molecule has 2 amide bonds. The predicted molar refractivity (Wildman–Crippen MR) is 122 cm³/mol. The lowest BCUT2D eigenvalue weighted by atomic mass is 9.79. The zero-order chi connectivity index (χ0) is 22.4. The summed E-state index contributed by atoms with van der Waals surface area (Å²) in [6, 6.07) is 10.1. The fourth-order valence-electron chi connectivity index (χ4n) is 6.57. The van der Waals surface area contributed by atoms with Crippen molar-refractivity contribution in [2.75, 3.05) is 19.7 Å². The summed E-state index contributed by atoms with van der Waals surface area (Å²) in [5.41, 5.74) is 0. The van der Waals surface area contributed by atoms with Crippen LogP contribution in [0, 0.1) is 23.7 Å². The van der Waals surface area contributed by atoms with Crippen LogP contribution in [0.25, 0.3) is 0 Å². The highest BCUT2D eigenvalue weighted by Gasteiger charge is 2.54. The van der Waals surface area contributed by atoms with Crippen LogP contribution in [0.4, 0.5) is 0 Å². The zero-order valence-corrected chi connectivity index (χ0v) is 19.4. The van der Waals surface area contributed by atoms with E-state index in [-0.39, 0.29) is 23.6 Å². The highest BCUT2D eigenvalue weighted by Crippen LogP contribution is 2.58. The molecule has 4 unspecified atom stereocenters. The predicted octanol–water partition coefficient (Wildman–Crippen LogP) is 3.99. The third-order valence-electron chi connectivity index (χ3n) is 7.92. The van der Waals surface area contributed by atoms with Gasteiger partial charge in [0.15, 0.2) is 0 Å². The Labute approximate surface area is 197 Å². The molecule has 7 nitrogen and oxygen atoms in total. The van der Waals surface area contributed by atoms with Gasteiger partial charge in [-0.15, -0.1) is 0 Å². The van der Waals surface area contributed by atoms with E-state index < -0.39 is 0 Å². The van der Waals surface area contributed by atoms with Crippen molar-refractivity contribution in [2.45, 2.75) is 54.4 Å². The molecular formula is C25H29N3O4S. The lowest BCUT2D eigenvalue weighted by Crippen LogP contribution is -2.44. The van der Waals surface area contributed by atoms with Crippen molar-refractivity contribution in [1.29, 1.82) is 0 Å². The minimum Gasteiger partial charge on any atom is -0.473 e. The maximum atomic E-state index is 13.3. The number of carbonyl (C=O) groups is 2. The van der Waals surface area contributed by atoms with Crippen molar-refractivity contribution in [3.05, 3.63) is 36.1 Å². The molecule has 1 aliphatic heterocycles. The summed E-state index contributed by atoms with van der Waals surface area (Å²) in [5.74, 6) is 3.34. The Morgan fingerprint density at radius 1 is 1.18 bits per heavy atom. The molecule has 7 rings (SSSR count). The van der Waals surface area contributed by atoms with Crippen LogP contribution in [0.1, 0.15) is 49.1 Å². The SMILES string of the molecule is O=C(NC1C2CC3C[C@@H](C2)CC31)c1onc(OCCN2CCCC2=O)c1Sc1ccccc1. The highest BCUT2D eigenvalue weighted by molar-refractivity contribution is 7.99. The highest BCUT2D eigenvalue weighted by atomic mass is 32.2. The first-order valence-electron chi connectivity index (χ1n) is 12.1. The molecule has 0 radical (unpaired) electrons. The fourth-order valence-corrected chi connectivity index (χ4v) is 7.51. The third-order valence-corrected chi connectivity index (χ3v) is 8.99. The number of rotatable bonds is 8. The van der Waals surface area contributed by atoms with Crippen LogP contribution in [0.15, 0.2) is 44.6 Å². The fraction of sp³-hybridized carbons (Fsp3) is 0.560. The maximum absolute atomic E-state index is 13.3. The van der Waals surface area contributed by atoms with Gasteiger partial charge in [-0.1, -0.05) is 30.0 Å². The molecule has 5 fully saturated rings. The first-order valence-corrected chi connectivity index (χ1v) is 12.9. The van der Waals surface area contributed by atoms with Crippen molar-refractivity contribution in [3.8, 4) is 5.88 Å². The zero-order valence-electron chi connectivity index (χ0n) is 18.6. The molecule has 5 aliphatic rings. The Bertz CT molecular complexity index is 1040. The standard InChI is InChI=1S/C25H29N3O4S/c29-20-7-4-8-28(20)9-10-31-25-23(33-18-5-2-1-3-6-18)22(32-27-25)24(30)26-21-17-12-15-11-16(14-17)19(21)13-15/h1-3,5-6,15-17,19,21H,4,7-14H2,(H,26,30)/t15-,16?,17?,19?,21?/m0/s1. The van der Waals surface area contributed by atoms with Gasteiger partial charge in [0.05, 0.1) is 6.54 Å². The smallest absolute Gasteiger partial charge is 0.291 e. The monoisotopic (exact) mass is 467 g/mol. The molecule has 1 aromatic heterocycles. The Morgan fingerprint density at radius 2 is 2.03 bits per heavy atom. The van der Waals surface area contributed by atoms with Crippen molar-refractivity contribution in [3.63, 3.8) is 0 Å². The van der Waals surface area contributed by atoms with E-state index in [0.29, 0.717) is 42.2 Å². The topological polar surface area (TPSA) is 84.7 Å². The molecule has 1 saturated heterocycles. The van der Waals surface area contributed by atoms with Crippen LogP contribution in [-0.4, -0.2) is 47.6 Å². The molecular weight excluding hydrogens is 438 g/mol. The molecule has 174 valence electrons. The van der Waals surface area contributed by atoms with Gasteiger partial charge in [0.1, 0.15) is 11.5 Å². The van der Waals surface area contributed by atoms with Crippen LogP contribution in [0.3, 0.4) is 0 Å². The second-order valence-corrected chi connectivity index (χ2v) is 11.0. The second kappa shape index (κ2) is 8.70. The van der Waals surface area contributed by atoms with Gasteiger partial charge in [-0.25, -0.2) is 0 Å². The van der Waals surface area contributed by atoms with E-state index in [9.17, 15) is 9.59 Å². The van der Waals surface area contributed by atoms with Crippen molar-refractivity contribution < 1.29 is 18.8 Å². The van der Waals surface area contributed by atoms with Crippen LogP contribution >= 0.6 is 11.8 Å². The van der Waals surface area contributed by atoms with E-state index in [4.69, 9.17) is 9.26 Å². The molecule has 4 aliphatic carbocycles. The lowest BCUT2D eigenvalue weighted by Gasteiger charge is -2.32. The van der Waals surface area contributed by atoms with E-state index in [1.807, 2.05) is 35.2 Å². The minimum atomic E-state index is -0.202. The minimum absolute atomic E-state index is 0.165. The first-order chi connectivity index (χ1) is 16.2. The molecule has 5 atom stereocenters. The first kappa shape index (κ1) is 21.1. The molecule has 4 saturated carbocycles. The average molecular weight is 468 g/mol. The van der Waals surface area contributed by atoms with Gasteiger partial charge >= 0.3 is 0 Å². The number of hydrogen-bond acceptors (Lipinski definition) is 6. The Hall–Kier alpha value is -2.48. The number of nitrogens with one attached hydrogen (secondary N) is 1. The summed E-state index contributed by atoms with van der Waals surface area (Å²) in [5, 5.41) is 7.41. The van der Waals surface area contributed by atoms with E-state index >= 15 is 0 Å². The molecule has 2 heterocycles. The second-order valence-electron chi connectivity index (χ2n) is 9.89. The molecule has 8 heteroatoms. The molecule has 1 N–H and O–H groups in total. The van der Waals surface area contributed by atoms with Gasteiger partial charge in [-0.2, -0.15) is 0 Å². The quantitative estimate of drug-likeness (QED) is 0.632. The van der Waals surface area contributed by atoms with Crippen molar-refractivity contribution in [2.24, 2.45) is 23.7 Å². The maximum Gasteiger partial charge on any atom is 0.291 e. The van der Waals surface area contributed by atoms with Gasteiger partial charge < -0.3 is 19.5 Å². The number of likely N-dealkylation sites (tertiary alicyclic amines) is 1. The molecule has 1 aromatic carbocycles. The summed E-state index contributed by atoms with van der Waals surface area (Å²) < 4.78 is 11.5. The van der Waals surface area contributed by atoms with Crippen LogP contribution < -0.4 is 10.1 Å². The number of nitrogens with zero attached hydrogens (tertiary/aromatic N) is 2. The van der Waals surface area contributed by atoms with E-state index in [2.05, 4.69) is 10.5 Å². The molecule has 4 bridgehead atoms. The molecule has 0 spiro atoms. The van der Waals surface area contributed by atoms with Crippen LogP contribution in [-0.2, 0) is 4.79 Å². The Morgan fingerprint density at radius 3 is 2.82 bits per heavy atom. The third kappa shape index (κ3) is 4.03. The number of carbonyl (C=O) groups excluding carboxylic acids is 2. The summed E-state index contributed by atoms with van der Waals surface area (Å²) >= 11 is 1.42. The number of aromatic nitrogens is 1. The van der Waals surface area contributed by atoms with Gasteiger partial charge in [0.25, 0.3) is 11.8 Å². The van der Waals surface area contributed by atoms with Crippen LogP contribution in [0.5, 0.6) is 5.88 Å². The number of benzene rings is 1. The lowest BCUT2D eigenvalue weighted by molar-refractivity contribution is -0.128. The Balaban J connectivity index is 1.19. The van der Waals surface area contributed by atoms with E-state index in [0.717, 1.165) is 29.7 Å².